The Kier molecular flexibility index (Phi) is 4.12. The van der Waals surface area contributed by atoms with Crippen molar-refractivity contribution in [3.8, 4) is 0 Å². The number of halogens is 1. The number of hydrogen-bond donors (Lipinski definition) is 1. The van der Waals surface area contributed by atoms with E-state index in [-0.39, 0.29) is 6.04 Å². The Morgan fingerprint density at radius 3 is 3.00 bits per heavy atom. The highest BCUT2D eigenvalue weighted by atomic mass is 79.9. The molecule has 13 heavy (non-hydrogen) atoms. The summed E-state index contributed by atoms with van der Waals surface area (Å²) in [7, 11) is 0. The van der Waals surface area contributed by atoms with Gasteiger partial charge in [0.1, 0.15) is 0 Å². The lowest BCUT2D eigenvalue weighted by Crippen LogP contribution is -2.21. The number of hydrogen-bond acceptors (Lipinski definition) is 2. The Bertz CT molecular complexity index is 286. The fourth-order valence-corrected chi connectivity index (χ4v) is 1.58. The van der Waals surface area contributed by atoms with Gasteiger partial charge in [-0.05, 0) is 40.4 Å². The maximum atomic E-state index is 5.85. The SMILES string of the molecule is C=CCC(N)Cc1cncc(Br)c1. The van der Waals surface area contributed by atoms with E-state index in [0.717, 1.165) is 22.9 Å². The molecule has 0 spiro atoms. The molecule has 0 saturated carbocycles. The third-order valence-corrected chi connectivity index (χ3v) is 2.16. The summed E-state index contributed by atoms with van der Waals surface area (Å²) in [4.78, 5) is 4.07. The molecular formula is C10H13BrN2. The van der Waals surface area contributed by atoms with E-state index < -0.39 is 0 Å². The van der Waals surface area contributed by atoms with Crippen molar-refractivity contribution in [2.75, 3.05) is 0 Å². The molecule has 0 aliphatic heterocycles. The molecule has 70 valence electrons. The molecule has 1 aromatic heterocycles. The summed E-state index contributed by atoms with van der Waals surface area (Å²) < 4.78 is 0.996. The lowest BCUT2D eigenvalue weighted by atomic mass is 10.1. The first-order valence-electron chi connectivity index (χ1n) is 4.18. The lowest BCUT2D eigenvalue weighted by molar-refractivity contribution is 0.678. The van der Waals surface area contributed by atoms with Gasteiger partial charge in [0, 0.05) is 22.9 Å². The highest BCUT2D eigenvalue weighted by Crippen LogP contribution is 2.11. The Balaban J connectivity index is 2.58. The summed E-state index contributed by atoms with van der Waals surface area (Å²) in [5.74, 6) is 0. The van der Waals surface area contributed by atoms with Crippen LogP contribution in [0.4, 0.5) is 0 Å². The van der Waals surface area contributed by atoms with Crippen LogP contribution in [0.15, 0.2) is 35.6 Å². The van der Waals surface area contributed by atoms with Gasteiger partial charge in [-0.25, -0.2) is 0 Å². The van der Waals surface area contributed by atoms with Gasteiger partial charge in [0.05, 0.1) is 0 Å². The van der Waals surface area contributed by atoms with Crippen molar-refractivity contribution in [2.45, 2.75) is 18.9 Å². The minimum Gasteiger partial charge on any atom is -0.327 e. The average Bonchev–Trinajstić information content (AvgIpc) is 2.04. The smallest absolute Gasteiger partial charge is 0.0410 e. The van der Waals surface area contributed by atoms with Gasteiger partial charge in [-0.15, -0.1) is 6.58 Å². The van der Waals surface area contributed by atoms with Gasteiger partial charge >= 0.3 is 0 Å². The van der Waals surface area contributed by atoms with Gasteiger partial charge in [-0.3, -0.25) is 4.98 Å². The van der Waals surface area contributed by atoms with Crippen LogP contribution in [0.5, 0.6) is 0 Å². The van der Waals surface area contributed by atoms with Crippen molar-refractivity contribution in [2.24, 2.45) is 5.73 Å². The number of rotatable bonds is 4. The maximum Gasteiger partial charge on any atom is 0.0410 e. The Hall–Kier alpha value is -0.670. The second-order valence-corrected chi connectivity index (χ2v) is 3.92. The molecule has 1 aromatic rings. The quantitative estimate of drug-likeness (QED) is 0.821. The molecule has 0 radical (unpaired) electrons. The highest BCUT2D eigenvalue weighted by molar-refractivity contribution is 9.10. The zero-order chi connectivity index (χ0) is 9.68. The molecule has 1 rings (SSSR count). The first-order valence-corrected chi connectivity index (χ1v) is 4.97. The van der Waals surface area contributed by atoms with Crippen LogP contribution >= 0.6 is 15.9 Å². The number of aromatic nitrogens is 1. The molecule has 2 N–H and O–H groups in total. The predicted molar refractivity (Wildman–Crippen MR) is 58.4 cm³/mol. The molecule has 0 aliphatic rings. The van der Waals surface area contributed by atoms with Gasteiger partial charge in [0.2, 0.25) is 0 Å². The summed E-state index contributed by atoms with van der Waals surface area (Å²) in [5.41, 5.74) is 7.01. The van der Waals surface area contributed by atoms with Crippen LogP contribution in [0.2, 0.25) is 0 Å². The molecule has 0 bridgehead atoms. The third kappa shape index (κ3) is 3.70. The molecule has 3 heteroatoms. The lowest BCUT2D eigenvalue weighted by Gasteiger charge is -2.08. The molecule has 0 amide bonds. The van der Waals surface area contributed by atoms with Gasteiger partial charge in [-0.1, -0.05) is 6.08 Å². The van der Waals surface area contributed by atoms with Crippen molar-refractivity contribution in [3.05, 3.63) is 41.2 Å². The predicted octanol–water partition coefficient (Wildman–Crippen LogP) is 2.29. The fraction of sp³-hybridized carbons (Fsp3) is 0.300. The molecule has 1 atom stereocenters. The third-order valence-electron chi connectivity index (χ3n) is 1.73. The van der Waals surface area contributed by atoms with Gasteiger partial charge in [0.15, 0.2) is 0 Å². The number of pyridine rings is 1. The van der Waals surface area contributed by atoms with E-state index >= 15 is 0 Å². The van der Waals surface area contributed by atoms with Gasteiger partial charge < -0.3 is 5.73 Å². The molecule has 0 saturated heterocycles. The zero-order valence-corrected chi connectivity index (χ0v) is 9.00. The summed E-state index contributed by atoms with van der Waals surface area (Å²) >= 11 is 3.37. The van der Waals surface area contributed by atoms with E-state index in [1.807, 2.05) is 18.3 Å². The van der Waals surface area contributed by atoms with Crippen molar-refractivity contribution in [1.29, 1.82) is 0 Å². The van der Waals surface area contributed by atoms with Crippen LogP contribution < -0.4 is 5.73 Å². The molecule has 0 fully saturated rings. The topological polar surface area (TPSA) is 38.9 Å². The molecule has 2 nitrogen and oxygen atoms in total. The highest BCUT2D eigenvalue weighted by Gasteiger charge is 2.02. The van der Waals surface area contributed by atoms with Crippen LogP contribution in [0, 0.1) is 0 Å². The zero-order valence-electron chi connectivity index (χ0n) is 7.41. The van der Waals surface area contributed by atoms with Crippen LogP contribution in [0.25, 0.3) is 0 Å². The first-order chi connectivity index (χ1) is 6.22. The van der Waals surface area contributed by atoms with Crippen molar-refractivity contribution < 1.29 is 0 Å². The summed E-state index contributed by atoms with van der Waals surface area (Å²) in [5, 5.41) is 0. The van der Waals surface area contributed by atoms with Crippen LogP contribution in [-0.4, -0.2) is 11.0 Å². The van der Waals surface area contributed by atoms with Crippen LogP contribution in [0.3, 0.4) is 0 Å². The summed E-state index contributed by atoms with van der Waals surface area (Å²) in [6.07, 6.45) is 7.14. The van der Waals surface area contributed by atoms with E-state index in [0.29, 0.717) is 0 Å². The number of nitrogens with two attached hydrogens (primary N) is 1. The van der Waals surface area contributed by atoms with Crippen LogP contribution in [-0.2, 0) is 6.42 Å². The monoisotopic (exact) mass is 240 g/mol. The summed E-state index contributed by atoms with van der Waals surface area (Å²) in [6.45, 7) is 3.65. The van der Waals surface area contributed by atoms with Crippen LogP contribution in [0.1, 0.15) is 12.0 Å². The van der Waals surface area contributed by atoms with Gasteiger partial charge in [-0.2, -0.15) is 0 Å². The Labute approximate surface area is 87.0 Å². The van der Waals surface area contributed by atoms with Crippen molar-refractivity contribution in [3.63, 3.8) is 0 Å². The molecular weight excluding hydrogens is 228 g/mol. The average molecular weight is 241 g/mol. The Morgan fingerprint density at radius 1 is 1.62 bits per heavy atom. The second kappa shape index (κ2) is 5.14. The molecule has 0 aliphatic carbocycles. The largest absolute Gasteiger partial charge is 0.327 e. The molecule has 0 aromatic carbocycles. The molecule has 1 heterocycles. The first kappa shape index (κ1) is 10.4. The van der Waals surface area contributed by atoms with E-state index in [1.54, 1.807) is 6.20 Å². The van der Waals surface area contributed by atoms with Crippen molar-refractivity contribution in [1.82, 2.24) is 4.98 Å². The maximum absolute atomic E-state index is 5.85. The second-order valence-electron chi connectivity index (χ2n) is 3.00. The molecule has 1 unspecified atom stereocenters. The minimum atomic E-state index is 0.147. The van der Waals surface area contributed by atoms with E-state index in [4.69, 9.17) is 5.73 Å². The van der Waals surface area contributed by atoms with Gasteiger partial charge in [0.25, 0.3) is 0 Å². The Morgan fingerprint density at radius 2 is 2.38 bits per heavy atom. The van der Waals surface area contributed by atoms with Crippen molar-refractivity contribution >= 4 is 15.9 Å². The minimum absolute atomic E-state index is 0.147. The van der Waals surface area contributed by atoms with E-state index in [9.17, 15) is 0 Å². The van der Waals surface area contributed by atoms with E-state index in [1.165, 1.54) is 0 Å². The fourth-order valence-electron chi connectivity index (χ4n) is 1.17. The summed E-state index contributed by atoms with van der Waals surface area (Å²) in [6, 6.07) is 2.18. The number of nitrogens with zero attached hydrogens (tertiary/aromatic N) is 1. The standard InChI is InChI=1S/C10H13BrN2/c1-2-3-10(12)5-8-4-9(11)7-13-6-8/h2,4,6-7,10H,1,3,5,12H2. The normalized spacial score (nSPS) is 12.5. The van der Waals surface area contributed by atoms with E-state index in [2.05, 4.69) is 27.5 Å².